The summed E-state index contributed by atoms with van der Waals surface area (Å²) in [7, 11) is 0. The summed E-state index contributed by atoms with van der Waals surface area (Å²) >= 11 is 5.22. The van der Waals surface area contributed by atoms with Crippen molar-refractivity contribution in [2.75, 3.05) is 6.54 Å². The predicted octanol–water partition coefficient (Wildman–Crippen LogP) is 3.51. The predicted molar refractivity (Wildman–Crippen MR) is 63.9 cm³/mol. The van der Waals surface area contributed by atoms with Crippen molar-refractivity contribution in [3.8, 4) is 0 Å². The fourth-order valence-electron chi connectivity index (χ4n) is 1.22. The Morgan fingerprint density at radius 2 is 2.31 bits per heavy atom. The Kier molecular flexibility index (Phi) is 4.16. The molecule has 1 rings (SSSR count). The van der Waals surface area contributed by atoms with Gasteiger partial charge in [-0.05, 0) is 39.6 Å². The van der Waals surface area contributed by atoms with Crippen molar-refractivity contribution in [2.24, 2.45) is 11.7 Å². The van der Waals surface area contributed by atoms with E-state index in [1.807, 2.05) is 0 Å². The standard InChI is InChI=1S/C10H14BrNS/c1-7(2)8(5-6-12)9-3-4-10(11)13-9/h3-5,7H,6,12H2,1-2H3/b8-5-. The van der Waals surface area contributed by atoms with Crippen LogP contribution >= 0.6 is 27.3 Å². The Hall–Kier alpha value is -0.120. The quantitative estimate of drug-likeness (QED) is 0.884. The zero-order valence-corrected chi connectivity index (χ0v) is 10.3. The van der Waals surface area contributed by atoms with Crippen LogP contribution in [-0.4, -0.2) is 6.54 Å². The summed E-state index contributed by atoms with van der Waals surface area (Å²) < 4.78 is 1.17. The van der Waals surface area contributed by atoms with Gasteiger partial charge >= 0.3 is 0 Å². The van der Waals surface area contributed by atoms with Gasteiger partial charge in [-0.25, -0.2) is 0 Å². The van der Waals surface area contributed by atoms with Crippen molar-refractivity contribution in [3.05, 3.63) is 26.9 Å². The molecule has 13 heavy (non-hydrogen) atoms. The van der Waals surface area contributed by atoms with E-state index in [9.17, 15) is 0 Å². The Balaban J connectivity index is 2.95. The van der Waals surface area contributed by atoms with Crippen molar-refractivity contribution in [3.63, 3.8) is 0 Å². The summed E-state index contributed by atoms with van der Waals surface area (Å²) in [6, 6.07) is 4.21. The fraction of sp³-hybridized carbons (Fsp3) is 0.400. The Labute approximate surface area is 91.8 Å². The van der Waals surface area contributed by atoms with Crippen LogP contribution < -0.4 is 5.73 Å². The van der Waals surface area contributed by atoms with Crippen molar-refractivity contribution in [2.45, 2.75) is 13.8 Å². The second-order valence-electron chi connectivity index (χ2n) is 3.15. The Morgan fingerprint density at radius 3 is 2.69 bits per heavy atom. The van der Waals surface area contributed by atoms with Gasteiger partial charge in [0.25, 0.3) is 0 Å². The molecule has 0 radical (unpaired) electrons. The molecule has 0 aliphatic heterocycles. The number of hydrogen-bond donors (Lipinski definition) is 1. The SMILES string of the molecule is CC(C)/C(=C/CN)c1ccc(Br)s1. The van der Waals surface area contributed by atoms with Crippen LogP contribution in [-0.2, 0) is 0 Å². The molecule has 0 aliphatic carbocycles. The Bertz CT molecular complexity index is 302. The van der Waals surface area contributed by atoms with Crippen LogP contribution in [0.5, 0.6) is 0 Å². The fourth-order valence-corrected chi connectivity index (χ4v) is 2.79. The molecule has 1 aromatic heterocycles. The van der Waals surface area contributed by atoms with E-state index in [1.54, 1.807) is 11.3 Å². The van der Waals surface area contributed by atoms with E-state index in [0.717, 1.165) is 0 Å². The zero-order valence-electron chi connectivity index (χ0n) is 7.88. The maximum atomic E-state index is 5.53. The lowest BCUT2D eigenvalue weighted by Crippen LogP contribution is -1.98. The first-order chi connectivity index (χ1) is 6.15. The molecule has 0 atom stereocenters. The molecule has 0 spiro atoms. The number of rotatable bonds is 3. The van der Waals surface area contributed by atoms with E-state index >= 15 is 0 Å². The maximum absolute atomic E-state index is 5.53. The molecule has 3 heteroatoms. The highest BCUT2D eigenvalue weighted by atomic mass is 79.9. The minimum Gasteiger partial charge on any atom is -0.327 e. The number of allylic oxidation sites excluding steroid dienone is 1. The van der Waals surface area contributed by atoms with E-state index in [2.05, 4.69) is 48.0 Å². The molecule has 0 fully saturated rings. The number of thiophene rings is 1. The van der Waals surface area contributed by atoms with Crippen LogP contribution in [0.4, 0.5) is 0 Å². The average Bonchev–Trinajstić information content (AvgIpc) is 2.46. The first-order valence-corrected chi connectivity index (χ1v) is 5.92. The third kappa shape index (κ3) is 2.93. The van der Waals surface area contributed by atoms with Gasteiger partial charge in [-0.2, -0.15) is 0 Å². The highest BCUT2D eigenvalue weighted by Crippen LogP contribution is 2.31. The van der Waals surface area contributed by atoms with E-state index < -0.39 is 0 Å². The number of hydrogen-bond acceptors (Lipinski definition) is 2. The van der Waals surface area contributed by atoms with Crippen LogP contribution in [0.15, 0.2) is 22.0 Å². The molecule has 1 nitrogen and oxygen atoms in total. The molecule has 0 unspecified atom stereocenters. The normalized spacial score (nSPS) is 12.5. The van der Waals surface area contributed by atoms with E-state index in [1.165, 1.54) is 14.2 Å². The molecule has 0 aliphatic rings. The van der Waals surface area contributed by atoms with Crippen LogP contribution in [0, 0.1) is 5.92 Å². The lowest BCUT2D eigenvalue weighted by Gasteiger charge is -2.08. The lowest BCUT2D eigenvalue weighted by molar-refractivity contribution is 0.855. The van der Waals surface area contributed by atoms with Crippen molar-refractivity contribution in [1.29, 1.82) is 0 Å². The minimum atomic E-state index is 0.536. The summed E-state index contributed by atoms with van der Waals surface area (Å²) in [5.41, 5.74) is 6.87. The molecule has 2 N–H and O–H groups in total. The largest absolute Gasteiger partial charge is 0.327 e. The van der Waals surface area contributed by atoms with Gasteiger partial charge in [0, 0.05) is 11.4 Å². The van der Waals surface area contributed by atoms with Crippen LogP contribution in [0.2, 0.25) is 0 Å². The Morgan fingerprint density at radius 1 is 1.62 bits per heavy atom. The topological polar surface area (TPSA) is 26.0 Å². The average molecular weight is 260 g/mol. The van der Waals surface area contributed by atoms with E-state index in [-0.39, 0.29) is 0 Å². The van der Waals surface area contributed by atoms with E-state index in [0.29, 0.717) is 12.5 Å². The minimum absolute atomic E-state index is 0.536. The summed E-state index contributed by atoms with van der Waals surface area (Å²) in [6.45, 7) is 4.99. The highest BCUT2D eigenvalue weighted by molar-refractivity contribution is 9.11. The summed E-state index contributed by atoms with van der Waals surface area (Å²) in [5.74, 6) is 0.536. The lowest BCUT2D eigenvalue weighted by atomic mass is 10.0. The molecule has 0 amide bonds. The van der Waals surface area contributed by atoms with Crippen LogP contribution in [0.25, 0.3) is 5.57 Å². The van der Waals surface area contributed by atoms with Crippen molar-refractivity contribution in [1.82, 2.24) is 0 Å². The first-order valence-electron chi connectivity index (χ1n) is 4.31. The monoisotopic (exact) mass is 259 g/mol. The highest BCUT2D eigenvalue weighted by Gasteiger charge is 2.07. The van der Waals surface area contributed by atoms with Crippen molar-refractivity contribution >= 4 is 32.8 Å². The summed E-state index contributed by atoms with van der Waals surface area (Å²) in [6.07, 6.45) is 2.10. The molecule has 0 bridgehead atoms. The first kappa shape index (κ1) is 11.0. The van der Waals surface area contributed by atoms with E-state index in [4.69, 9.17) is 5.73 Å². The van der Waals surface area contributed by atoms with Gasteiger partial charge in [0.2, 0.25) is 0 Å². The van der Waals surface area contributed by atoms with Crippen molar-refractivity contribution < 1.29 is 0 Å². The molecular weight excluding hydrogens is 246 g/mol. The second kappa shape index (κ2) is 4.94. The third-order valence-corrected chi connectivity index (χ3v) is 3.49. The van der Waals surface area contributed by atoms with Gasteiger partial charge < -0.3 is 5.73 Å². The molecule has 1 aromatic rings. The van der Waals surface area contributed by atoms with Gasteiger partial charge in [-0.15, -0.1) is 11.3 Å². The third-order valence-electron chi connectivity index (χ3n) is 1.82. The molecule has 1 heterocycles. The molecule has 0 saturated carbocycles. The smallest absolute Gasteiger partial charge is 0.0704 e. The molecular formula is C10H14BrNS. The van der Waals surface area contributed by atoms with Crippen LogP contribution in [0.3, 0.4) is 0 Å². The van der Waals surface area contributed by atoms with Gasteiger partial charge in [0.15, 0.2) is 0 Å². The zero-order chi connectivity index (χ0) is 9.84. The molecule has 72 valence electrons. The molecule has 0 saturated heterocycles. The summed E-state index contributed by atoms with van der Waals surface area (Å²) in [4.78, 5) is 1.31. The molecule has 0 aromatic carbocycles. The summed E-state index contributed by atoms with van der Waals surface area (Å²) in [5, 5.41) is 0. The number of nitrogens with two attached hydrogens (primary N) is 1. The second-order valence-corrected chi connectivity index (χ2v) is 5.62. The van der Waals surface area contributed by atoms with Gasteiger partial charge in [-0.1, -0.05) is 19.9 Å². The number of halogens is 1. The maximum Gasteiger partial charge on any atom is 0.0704 e. The van der Waals surface area contributed by atoms with Gasteiger partial charge in [0.1, 0.15) is 0 Å². The van der Waals surface area contributed by atoms with Crippen LogP contribution in [0.1, 0.15) is 18.7 Å². The van der Waals surface area contributed by atoms with Gasteiger partial charge in [0.05, 0.1) is 3.79 Å². The van der Waals surface area contributed by atoms with Gasteiger partial charge in [-0.3, -0.25) is 0 Å².